The molecule has 0 heterocycles. The minimum Gasteiger partial charge on any atom is -0.496 e. The summed E-state index contributed by atoms with van der Waals surface area (Å²) in [7, 11) is 2.62. The number of hydrogen-bond acceptors (Lipinski definition) is 4. The maximum Gasteiger partial charge on any atom is 0.235 e. The van der Waals surface area contributed by atoms with Crippen LogP contribution < -0.4 is 9.46 Å². The van der Waals surface area contributed by atoms with E-state index in [1.54, 1.807) is 7.11 Å². The Morgan fingerprint density at radius 1 is 1.18 bits per heavy atom. The van der Waals surface area contributed by atoms with Crippen molar-refractivity contribution in [3.8, 4) is 5.75 Å². The Hall–Kier alpha value is -1.27. The van der Waals surface area contributed by atoms with Gasteiger partial charge in [0.15, 0.2) is 0 Å². The third-order valence-corrected chi connectivity index (χ3v) is 6.57. The first kappa shape index (κ1) is 15.6. The number of sulfonamides is 1. The zero-order valence-corrected chi connectivity index (χ0v) is 14.2. The zero-order chi connectivity index (χ0) is 15.9. The van der Waals surface area contributed by atoms with Crippen LogP contribution in [0, 0.1) is 0 Å². The van der Waals surface area contributed by atoms with Crippen LogP contribution in [-0.4, -0.2) is 45.8 Å². The summed E-state index contributed by atoms with van der Waals surface area (Å²) in [4.78, 5) is 2.23. The van der Waals surface area contributed by atoms with Gasteiger partial charge in [0.2, 0.25) is 10.0 Å². The Kier molecular flexibility index (Phi) is 4.07. The lowest BCUT2D eigenvalue weighted by Crippen LogP contribution is -2.34. The summed E-state index contributed by atoms with van der Waals surface area (Å²) in [6.45, 7) is 0. The molecule has 1 N–H and O–H groups in total. The van der Waals surface area contributed by atoms with E-state index in [2.05, 4.69) is 23.7 Å². The molecule has 0 bridgehead atoms. The van der Waals surface area contributed by atoms with Gasteiger partial charge < -0.3 is 9.64 Å². The fourth-order valence-electron chi connectivity index (χ4n) is 3.17. The van der Waals surface area contributed by atoms with E-state index in [1.807, 2.05) is 12.1 Å². The summed E-state index contributed by atoms with van der Waals surface area (Å²) in [5.41, 5.74) is 2.98. The molecule has 0 spiro atoms. The van der Waals surface area contributed by atoms with E-state index in [1.165, 1.54) is 0 Å². The first-order chi connectivity index (χ1) is 10.4. The summed E-state index contributed by atoms with van der Waals surface area (Å²) in [5, 5.41) is -0.205. The molecule has 6 heteroatoms. The molecule has 5 nitrogen and oxygen atoms in total. The molecule has 1 fully saturated rings. The topological polar surface area (TPSA) is 58.6 Å². The Balaban J connectivity index is 1.95. The second kappa shape index (κ2) is 5.74. The molecule has 1 atom stereocenters. The lowest BCUT2D eigenvalue weighted by molar-refractivity contribution is 0.265. The number of hydrogen-bond donors (Lipinski definition) is 1. The summed E-state index contributed by atoms with van der Waals surface area (Å²) < 4.78 is 32.7. The first-order valence-electron chi connectivity index (χ1n) is 7.79. The van der Waals surface area contributed by atoms with Crippen molar-refractivity contribution in [2.45, 2.75) is 43.4 Å². The normalized spacial score (nSPS) is 21.5. The van der Waals surface area contributed by atoms with Crippen LogP contribution in [0.15, 0.2) is 12.1 Å². The maximum absolute atomic E-state index is 12.2. The van der Waals surface area contributed by atoms with Gasteiger partial charge in [0.1, 0.15) is 5.75 Å². The van der Waals surface area contributed by atoms with Crippen LogP contribution in [-0.2, 0) is 22.9 Å². The van der Waals surface area contributed by atoms with E-state index in [-0.39, 0.29) is 5.25 Å². The van der Waals surface area contributed by atoms with Crippen LogP contribution in [0.5, 0.6) is 5.75 Å². The SMILES string of the molecule is COc1ccc(NS(=O)(=O)C2CC2)c2c1C[C@@H](N(C)C)CC2. The van der Waals surface area contributed by atoms with E-state index in [0.717, 1.165) is 54.7 Å². The number of nitrogens with one attached hydrogen (secondary N) is 1. The lowest BCUT2D eigenvalue weighted by atomic mass is 9.86. The number of rotatable bonds is 5. The third kappa shape index (κ3) is 2.94. The summed E-state index contributed by atoms with van der Waals surface area (Å²) in [6.07, 6.45) is 4.35. The first-order valence-corrected chi connectivity index (χ1v) is 9.34. The van der Waals surface area contributed by atoms with Crippen molar-refractivity contribution in [2.24, 2.45) is 0 Å². The highest BCUT2D eigenvalue weighted by atomic mass is 32.2. The van der Waals surface area contributed by atoms with E-state index in [4.69, 9.17) is 4.74 Å². The predicted octanol–water partition coefficient (Wildman–Crippen LogP) is 2.02. The fourth-order valence-corrected chi connectivity index (χ4v) is 4.59. The molecule has 0 amide bonds. The van der Waals surface area contributed by atoms with Gasteiger partial charge in [-0.2, -0.15) is 0 Å². The van der Waals surface area contributed by atoms with E-state index >= 15 is 0 Å². The predicted molar refractivity (Wildman–Crippen MR) is 88.1 cm³/mol. The summed E-state index contributed by atoms with van der Waals surface area (Å²) >= 11 is 0. The number of likely N-dealkylation sites (N-methyl/N-ethyl adjacent to an activating group) is 1. The van der Waals surface area contributed by atoms with Crippen molar-refractivity contribution in [1.82, 2.24) is 4.90 Å². The summed E-state index contributed by atoms with van der Waals surface area (Å²) in [6, 6.07) is 4.19. The van der Waals surface area contributed by atoms with Crippen LogP contribution in [0.3, 0.4) is 0 Å². The highest BCUT2D eigenvalue weighted by Crippen LogP contribution is 2.37. The minimum atomic E-state index is -3.22. The smallest absolute Gasteiger partial charge is 0.235 e. The van der Waals surface area contributed by atoms with E-state index < -0.39 is 10.0 Å². The Labute approximate surface area is 132 Å². The van der Waals surface area contributed by atoms with Crippen molar-refractivity contribution >= 4 is 15.7 Å². The highest BCUT2D eigenvalue weighted by molar-refractivity contribution is 7.93. The Morgan fingerprint density at radius 3 is 2.50 bits per heavy atom. The average molecular weight is 324 g/mol. The number of anilines is 1. The third-order valence-electron chi connectivity index (χ3n) is 4.72. The van der Waals surface area contributed by atoms with Crippen LogP contribution in [0.4, 0.5) is 5.69 Å². The molecular weight excluding hydrogens is 300 g/mol. The molecular formula is C16H24N2O3S. The standard InChI is InChI=1S/C16H24N2O3S/c1-18(2)11-4-7-13-14(10-11)16(21-3)9-8-15(13)17-22(19,20)12-5-6-12/h8-9,11-12,17H,4-7,10H2,1-3H3/t11-/m0/s1. The average Bonchev–Trinajstić information content (AvgIpc) is 3.31. The lowest BCUT2D eigenvalue weighted by Gasteiger charge is -2.32. The van der Waals surface area contributed by atoms with Crippen LogP contribution in [0.2, 0.25) is 0 Å². The Morgan fingerprint density at radius 2 is 1.91 bits per heavy atom. The highest BCUT2D eigenvalue weighted by Gasteiger charge is 2.36. The maximum atomic E-state index is 12.2. The second-order valence-corrected chi connectivity index (χ2v) is 8.44. The van der Waals surface area contributed by atoms with E-state index in [0.29, 0.717) is 6.04 Å². The van der Waals surface area contributed by atoms with Gasteiger partial charge >= 0.3 is 0 Å². The monoisotopic (exact) mass is 324 g/mol. The quantitative estimate of drug-likeness (QED) is 0.900. The minimum absolute atomic E-state index is 0.205. The van der Waals surface area contributed by atoms with Gasteiger partial charge in [-0.1, -0.05) is 0 Å². The molecule has 1 saturated carbocycles. The number of fused-ring (bicyclic) bond motifs is 1. The molecule has 0 aromatic heterocycles. The van der Waals surface area contributed by atoms with Gasteiger partial charge in [-0.05, 0) is 63.9 Å². The second-order valence-electron chi connectivity index (χ2n) is 6.48. The molecule has 0 radical (unpaired) electrons. The molecule has 2 aliphatic carbocycles. The van der Waals surface area contributed by atoms with Gasteiger partial charge in [0.05, 0.1) is 18.0 Å². The molecule has 0 unspecified atom stereocenters. The van der Waals surface area contributed by atoms with Gasteiger partial charge in [-0.15, -0.1) is 0 Å². The number of ether oxygens (including phenoxy) is 1. The number of benzene rings is 1. The van der Waals surface area contributed by atoms with Crippen molar-refractivity contribution < 1.29 is 13.2 Å². The number of nitrogens with zero attached hydrogens (tertiary/aromatic N) is 1. The zero-order valence-electron chi connectivity index (χ0n) is 13.4. The van der Waals surface area contributed by atoms with Crippen LogP contribution in [0.25, 0.3) is 0 Å². The molecule has 0 aliphatic heterocycles. The van der Waals surface area contributed by atoms with Crippen molar-refractivity contribution in [1.29, 1.82) is 0 Å². The van der Waals surface area contributed by atoms with Gasteiger partial charge in [-0.3, -0.25) is 4.72 Å². The molecule has 122 valence electrons. The molecule has 22 heavy (non-hydrogen) atoms. The molecule has 3 rings (SSSR count). The van der Waals surface area contributed by atoms with Crippen LogP contribution >= 0.6 is 0 Å². The number of methoxy groups -OCH3 is 1. The summed E-state index contributed by atoms with van der Waals surface area (Å²) in [5.74, 6) is 0.857. The fraction of sp³-hybridized carbons (Fsp3) is 0.625. The van der Waals surface area contributed by atoms with Crippen molar-refractivity contribution in [3.63, 3.8) is 0 Å². The van der Waals surface area contributed by atoms with Crippen LogP contribution in [0.1, 0.15) is 30.4 Å². The van der Waals surface area contributed by atoms with Gasteiger partial charge in [0.25, 0.3) is 0 Å². The van der Waals surface area contributed by atoms with E-state index in [9.17, 15) is 8.42 Å². The largest absolute Gasteiger partial charge is 0.496 e. The van der Waals surface area contributed by atoms with Gasteiger partial charge in [0, 0.05) is 11.6 Å². The molecule has 2 aliphatic rings. The van der Waals surface area contributed by atoms with Crippen molar-refractivity contribution in [3.05, 3.63) is 23.3 Å². The molecule has 1 aromatic rings. The molecule has 1 aromatic carbocycles. The van der Waals surface area contributed by atoms with Crippen molar-refractivity contribution in [2.75, 3.05) is 25.9 Å². The Bertz CT molecular complexity index is 666. The van der Waals surface area contributed by atoms with Gasteiger partial charge in [-0.25, -0.2) is 8.42 Å². The molecule has 0 saturated heterocycles.